The topological polar surface area (TPSA) is 35.6 Å². The van der Waals surface area contributed by atoms with Gasteiger partial charge < -0.3 is 10.2 Å². The minimum absolute atomic E-state index is 0.129. The fourth-order valence-corrected chi connectivity index (χ4v) is 3.51. The summed E-state index contributed by atoms with van der Waals surface area (Å²) in [5, 5.41) is 3.33. The molecule has 2 aliphatic rings. The molecule has 0 radical (unpaired) electrons. The lowest BCUT2D eigenvalue weighted by atomic mass is 9.97. The molecule has 1 unspecified atom stereocenters. The second-order valence-electron chi connectivity index (χ2n) is 7.01. The van der Waals surface area contributed by atoms with Crippen molar-refractivity contribution in [3.8, 4) is 0 Å². The van der Waals surface area contributed by atoms with Crippen LogP contribution in [0.2, 0.25) is 0 Å². The Morgan fingerprint density at radius 3 is 2.46 bits per heavy atom. The molecule has 2 heterocycles. The van der Waals surface area contributed by atoms with Gasteiger partial charge in [-0.2, -0.15) is 0 Å². The molecule has 1 aromatic rings. The van der Waals surface area contributed by atoms with Crippen molar-refractivity contribution < 1.29 is 4.79 Å². The number of benzene rings is 1. The molecule has 2 saturated heterocycles. The zero-order chi connectivity index (χ0) is 16.8. The summed E-state index contributed by atoms with van der Waals surface area (Å²) in [5.74, 6) is 1.03. The summed E-state index contributed by atoms with van der Waals surface area (Å²) in [6.07, 6.45) is 6.58. The molecule has 1 amide bonds. The van der Waals surface area contributed by atoms with Crippen molar-refractivity contribution in [2.24, 2.45) is 5.92 Å². The zero-order valence-corrected chi connectivity index (χ0v) is 14.7. The molecule has 0 aliphatic carbocycles. The maximum atomic E-state index is 13.1. The lowest BCUT2D eigenvalue weighted by molar-refractivity contribution is -0.136. The van der Waals surface area contributed by atoms with Gasteiger partial charge in [-0.1, -0.05) is 49.4 Å². The number of rotatable bonds is 4. The molecule has 2 fully saturated rings. The van der Waals surface area contributed by atoms with Gasteiger partial charge in [0.15, 0.2) is 0 Å². The van der Waals surface area contributed by atoms with Gasteiger partial charge in [0.2, 0.25) is 5.91 Å². The summed E-state index contributed by atoms with van der Waals surface area (Å²) in [7, 11) is 0. The van der Waals surface area contributed by atoms with E-state index in [-0.39, 0.29) is 11.9 Å². The van der Waals surface area contributed by atoms with Crippen LogP contribution in [0.5, 0.6) is 0 Å². The number of nitrogens with one attached hydrogen (secondary N) is 1. The van der Waals surface area contributed by atoms with E-state index < -0.39 is 0 Å². The third-order valence-electron chi connectivity index (χ3n) is 5.16. The molecule has 130 valence electrons. The molecule has 3 rings (SSSR count). The second kappa shape index (κ2) is 8.45. The summed E-state index contributed by atoms with van der Waals surface area (Å²) in [4.78, 5) is 17.5. The lowest BCUT2D eigenvalue weighted by Crippen LogP contribution is -2.54. The molecule has 4 nitrogen and oxygen atoms in total. The summed E-state index contributed by atoms with van der Waals surface area (Å²) in [5.41, 5.74) is 1.15. The number of amides is 1. The second-order valence-corrected chi connectivity index (χ2v) is 7.01. The van der Waals surface area contributed by atoms with Gasteiger partial charge in [-0.3, -0.25) is 9.69 Å². The number of piperidine rings is 1. The third-order valence-corrected chi connectivity index (χ3v) is 5.16. The highest BCUT2D eigenvalue weighted by Gasteiger charge is 2.30. The van der Waals surface area contributed by atoms with E-state index in [0.29, 0.717) is 0 Å². The van der Waals surface area contributed by atoms with Gasteiger partial charge in [0.25, 0.3) is 0 Å². The fraction of sp³-hybridized carbons (Fsp3) is 0.550. The molecular weight excluding hydrogens is 298 g/mol. The Morgan fingerprint density at radius 1 is 1.12 bits per heavy atom. The predicted octanol–water partition coefficient (Wildman–Crippen LogP) is 2.23. The molecule has 1 atom stereocenters. The molecule has 0 aromatic heterocycles. The van der Waals surface area contributed by atoms with Gasteiger partial charge >= 0.3 is 0 Å². The van der Waals surface area contributed by atoms with Crippen LogP contribution in [0.25, 0.3) is 6.08 Å². The predicted molar refractivity (Wildman–Crippen MR) is 98.7 cm³/mol. The van der Waals surface area contributed by atoms with Gasteiger partial charge in [0, 0.05) is 26.2 Å². The molecule has 24 heavy (non-hydrogen) atoms. The van der Waals surface area contributed by atoms with Crippen molar-refractivity contribution in [2.45, 2.75) is 25.8 Å². The molecule has 4 heteroatoms. The van der Waals surface area contributed by atoms with Crippen molar-refractivity contribution in [1.82, 2.24) is 15.1 Å². The maximum Gasteiger partial charge on any atom is 0.244 e. The monoisotopic (exact) mass is 327 g/mol. The number of hydrogen-bond acceptors (Lipinski definition) is 3. The van der Waals surface area contributed by atoms with Crippen LogP contribution in [-0.2, 0) is 4.79 Å². The van der Waals surface area contributed by atoms with E-state index in [1.807, 2.05) is 23.1 Å². The van der Waals surface area contributed by atoms with Crippen molar-refractivity contribution in [3.63, 3.8) is 0 Å². The van der Waals surface area contributed by atoms with Crippen molar-refractivity contribution >= 4 is 12.0 Å². The van der Waals surface area contributed by atoms with Crippen LogP contribution in [0.3, 0.4) is 0 Å². The number of nitrogens with zero attached hydrogens (tertiary/aromatic N) is 2. The van der Waals surface area contributed by atoms with Crippen LogP contribution in [0, 0.1) is 5.92 Å². The van der Waals surface area contributed by atoms with Crippen molar-refractivity contribution in [1.29, 1.82) is 0 Å². The summed E-state index contributed by atoms with van der Waals surface area (Å²) in [6.45, 7) is 7.78. The van der Waals surface area contributed by atoms with E-state index in [9.17, 15) is 4.79 Å². The van der Waals surface area contributed by atoms with Crippen LogP contribution < -0.4 is 5.32 Å². The van der Waals surface area contributed by atoms with Gasteiger partial charge in [0.1, 0.15) is 6.04 Å². The Labute approximate surface area is 145 Å². The Morgan fingerprint density at radius 2 is 1.79 bits per heavy atom. The van der Waals surface area contributed by atoms with Gasteiger partial charge in [-0.25, -0.2) is 0 Å². The standard InChI is InChI=1S/C20H29N3O/c1-17-9-13-22(14-10-17)19(8-7-18-5-3-2-4-6-18)20(24)23-15-11-21-12-16-23/h2-8,17,19,21H,9-16H2,1H3/b8-7-. The largest absolute Gasteiger partial charge is 0.339 e. The summed E-state index contributed by atoms with van der Waals surface area (Å²) < 4.78 is 0. The van der Waals surface area contributed by atoms with E-state index in [1.165, 1.54) is 12.8 Å². The molecule has 0 bridgehead atoms. The molecular formula is C20H29N3O. The number of carbonyl (C=O) groups excluding carboxylic acids is 1. The van der Waals surface area contributed by atoms with Gasteiger partial charge in [0.05, 0.1) is 0 Å². The average molecular weight is 327 g/mol. The first-order valence-corrected chi connectivity index (χ1v) is 9.21. The maximum absolute atomic E-state index is 13.1. The third kappa shape index (κ3) is 4.46. The highest BCUT2D eigenvalue weighted by atomic mass is 16.2. The van der Waals surface area contributed by atoms with Gasteiger partial charge in [-0.15, -0.1) is 0 Å². The van der Waals surface area contributed by atoms with Gasteiger partial charge in [-0.05, 0) is 37.4 Å². The molecule has 1 aromatic carbocycles. The Kier molecular flexibility index (Phi) is 6.05. The minimum atomic E-state index is -0.129. The van der Waals surface area contributed by atoms with E-state index in [0.717, 1.165) is 50.7 Å². The average Bonchev–Trinajstić information content (AvgIpc) is 2.65. The van der Waals surface area contributed by atoms with Crippen LogP contribution in [0.15, 0.2) is 36.4 Å². The number of piperazine rings is 1. The SMILES string of the molecule is CC1CCN(C(/C=C\c2ccccc2)C(=O)N2CCNCC2)CC1. The summed E-state index contributed by atoms with van der Waals surface area (Å²) in [6, 6.07) is 10.1. The van der Waals surface area contributed by atoms with Crippen LogP contribution in [0.4, 0.5) is 0 Å². The van der Waals surface area contributed by atoms with E-state index >= 15 is 0 Å². The molecule has 0 spiro atoms. The number of likely N-dealkylation sites (tertiary alicyclic amines) is 1. The zero-order valence-electron chi connectivity index (χ0n) is 14.7. The van der Waals surface area contributed by atoms with E-state index in [1.54, 1.807) is 0 Å². The Balaban J connectivity index is 1.74. The van der Waals surface area contributed by atoms with Crippen molar-refractivity contribution in [3.05, 3.63) is 42.0 Å². The minimum Gasteiger partial charge on any atom is -0.339 e. The molecule has 0 saturated carbocycles. The van der Waals surface area contributed by atoms with Crippen molar-refractivity contribution in [2.75, 3.05) is 39.3 Å². The first-order valence-electron chi connectivity index (χ1n) is 9.21. The quantitative estimate of drug-likeness (QED) is 0.921. The highest BCUT2D eigenvalue weighted by Crippen LogP contribution is 2.20. The first kappa shape index (κ1) is 17.2. The molecule has 2 aliphatic heterocycles. The van der Waals surface area contributed by atoms with E-state index in [4.69, 9.17) is 0 Å². The number of hydrogen-bond donors (Lipinski definition) is 1. The highest BCUT2D eigenvalue weighted by molar-refractivity contribution is 5.85. The number of carbonyl (C=O) groups is 1. The summed E-state index contributed by atoms with van der Waals surface area (Å²) >= 11 is 0. The molecule has 1 N–H and O–H groups in total. The Bertz CT molecular complexity index is 543. The Hall–Kier alpha value is -1.65. The van der Waals surface area contributed by atoms with Crippen LogP contribution in [0.1, 0.15) is 25.3 Å². The first-order chi connectivity index (χ1) is 11.7. The fourth-order valence-electron chi connectivity index (χ4n) is 3.51. The normalized spacial score (nSPS) is 22.0. The smallest absolute Gasteiger partial charge is 0.244 e. The lowest BCUT2D eigenvalue weighted by Gasteiger charge is -2.38. The van der Waals surface area contributed by atoms with Crippen LogP contribution in [-0.4, -0.2) is 61.0 Å². The van der Waals surface area contributed by atoms with E-state index in [2.05, 4.69) is 41.4 Å². The van der Waals surface area contributed by atoms with Crippen LogP contribution >= 0.6 is 0 Å².